The zero-order valence-corrected chi connectivity index (χ0v) is 7.40. The molecule has 4 nitrogen and oxygen atoms in total. The molecule has 0 spiro atoms. The fourth-order valence-electron chi connectivity index (χ4n) is 1.51. The minimum Gasteiger partial charge on any atom is -0.481 e. The molecule has 0 aromatic rings. The molecule has 0 radical (unpaired) electrons. The van der Waals surface area contributed by atoms with E-state index in [1.165, 1.54) is 4.90 Å². The molecule has 13 heavy (non-hydrogen) atoms. The number of rotatable bonds is 3. The molecule has 1 saturated heterocycles. The maximum Gasteiger partial charge on any atom is 0.316 e. The van der Waals surface area contributed by atoms with E-state index in [0.717, 1.165) is 6.42 Å². The number of amides is 1. The van der Waals surface area contributed by atoms with E-state index in [-0.39, 0.29) is 5.91 Å². The molecule has 1 aliphatic heterocycles. The van der Waals surface area contributed by atoms with E-state index in [0.29, 0.717) is 19.5 Å². The smallest absolute Gasteiger partial charge is 0.316 e. The van der Waals surface area contributed by atoms with E-state index >= 15 is 0 Å². The van der Waals surface area contributed by atoms with Crippen LogP contribution in [0.5, 0.6) is 0 Å². The van der Waals surface area contributed by atoms with Gasteiger partial charge in [0.25, 0.3) is 0 Å². The first-order valence-electron chi connectivity index (χ1n) is 4.29. The number of hydrogen-bond acceptors (Lipinski definition) is 2. The summed E-state index contributed by atoms with van der Waals surface area (Å²) in [5, 5.41) is 8.72. The van der Waals surface area contributed by atoms with Crippen molar-refractivity contribution in [3.8, 4) is 0 Å². The minimum atomic E-state index is -1.02. The number of aliphatic carboxylic acids is 1. The molecule has 1 fully saturated rings. The van der Waals surface area contributed by atoms with Gasteiger partial charge in [0.05, 0.1) is 0 Å². The molecule has 0 saturated carbocycles. The Kier molecular flexibility index (Phi) is 3.06. The first-order valence-corrected chi connectivity index (χ1v) is 4.29. The molecule has 1 atom stereocenters. The van der Waals surface area contributed by atoms with Gasteiger partial charge in [-0.25, -0.2) is 0 Å². The number of carbonyl (C=O) groups is 2. The minimum absolute atomic E-state index is 0.279. The lowest BCUT2D eigenvalue weighted by Crippen LogP contribution is -2.44. The van der Waals surface area contributed by atoms with Crippen molar-refractivity contribution in [2.75, 3.05) is 13.1 Å². The molecule has 72 valence electrons. The second kappa shape index (κ2) is 4.07. The third-order valence-corrected chi connectivity index (χ3v) is 2.18. The van der Waals surface area contributed by atoms with Crippen LogP contribution in [0.2, 0.25) is 0 Å². The maximum atomic E-state index is 11.5. The standard InChI is InChI=1S/C9H13NO3/c1-2-5-10-6-3-4-7(8(10)11)9(12)13/h2,7H,1,3-6H2,(H,12,13). The van der Waals surface area contributed by atoms with Crippen molar-refractivity contribution in [1.82, 2.24) is 4.90 Å². The van der Waals surface area contributed by atoms with Crippen molar-refractivity contribution in [3.05, 3.63) is 12.7 Å². The van der Waals surface area contributed by atoms with Crippen molar-refractivity contribution in [2.24, 2.45) is 5.92 Å². The van der Waals surface area contributed by atoms with Gasteiger partial charge in [-0.3, -0.25) is 9.59 Å². The van der Waals surface area contributed by atoms with Gasteiger partial charge in [-0.05, 0) is 12.8 Å². The summed E-state index contributed by atoms with van der Waals surface area (Å²) in [5.41, 5.74) is 0. The van der Waals surface area contributed by atoms with Gasteiger partial charge in [-0.2, -0.15) is 0 Å². The average Bonchev–Trinajstić information content (AvgIpc) is 2.08. The Balaban J connectivity index is 2.65. The van der Waals surface area contributed by atoms with Gasteiger partial charge < -0.3 is 10.0 Å². The monoisotopic (exact) mass is 183 g/mol. The number of carboxylic acids is 1. The van der Waals surface area contributed by atoms with E-state index < -0.39 is 11.9 Å². The molecule has 1 rings (SSSR count). The number of carboxylic acid groups (broad SMARTS) is 1. The Morgan fingerprint density at radius 1 is 1.77 bits per heavy atom. The summed E-state index contributed by atoms with van der Waals surface area (Å²) in [5.74, 6) is -2.13. The molecule has 0 bridgehead atoms. The summed E-state index contributed by atoms with van der Waals surface area (Å²) < 4.78 is 0. The summed E-state index contributed by atoms with van der Waals surface area (Å²) in [4.78, 5) is 23.6. The van der Waals surface area contributed by atoms with Crippen LogP contribution in [0.1, 0.15) is 12.8 Å². The Bertz CT molecular complexity index is 237. The van der Waals surface area contributed by atoms with Gasteiger partial charge >= 0.3 is 5.97 Å². The number of hydrogen-bond donors (Lipinski definition) is 1. The first-order chi connectivity index (χ1) is 6.16. The van der Waals surface area contributed by atoms with Crippen molar-refractivity contribution < 1.29 is 14.7 Å². The van der Waals surface area contributed by atoms with E-state index in [4.69, 9.17) is 5.11 Å². The molecule has 1 aliphatic rings. The molecule has 4 heteroatoms. The summed E-state index contributed by atoms with van der Waals surface area (Å²) in [6.45, 7) is 4.61. The molecular formula is C9H13NO3. The lowest BCUT2D eigenvalue weighted by atomic mass is 9.97. The Hall–Kier alpha value is -1.32. The predicted octanol–water partition coefficient (Wildman–Crippen LogP) is 0.496. The van der Waals surface area contributed by atoms with Gasteiger partial charge in [0.1, 0.15) is 5.92 Å². The normalized spacial score (nSPS) is 22.9. The zero-order chi connectivity index (χ0) is 9.84. The van der Waals surface area contributed by atoms with Crippen LogP contribution in [0.4, 0.5) is 0 Å². The van der Waals surface area contributed by atoms with Crippen molar-refractivity contribution in [2.45, 2.75) is 12.8 Å². The van der Waals surface area contributed by atoms with Gasteiger partial charge in [0, 0.05) is 13.1 Å². The molecule has 1 amide bonds. The first kappa shape index (κ1) is 9.77. The second-order valence-electron chi connectivity index (χ2n) is 3.11. The second-order valence-corrected chi connectivity index (χ2v) is 3.11. The fourth-order valence-corrected chi connectivity index (χ4v) is 1.51. The van der Waals surface area contributed by atoms with Gasteiger partial charge in [-0.15, -0.1) is 6.58 Å². The maximum absolute atomic E-state index is 11.5. The summed E-state index contributed by atoms with van der Waals surface area (Å²) in [6, 6.07) is 0. The van der Waals surface area contributed by atoms with Crippen LogP contribution in [0.25, 0.3) is 0 Å². The van der Waals surface area contributed by atoms with E-state index in [1.807, 2.05) is 0 Å². The van der Waals surface area contributed by atoms with Crippen LogP contribution in [-0.4, -0.2) is 35.0 Å². The van der Waals surface area contributed by atoms with Crippen molar-refractivity contribution in [3.63, 3.8) is 0 Å². The largest absolute Gasteiger partial charge is 0.481 e. The van der Waals surface area contributed by atoms with E-state index in [1.54, 1.807) is 6.08 Å². The number of piperidine rings is 1. The fraction of sp³-hybridized carbons (Fsp3) is 0.556. The number of nitrogens with zero attached hydrogens (tertiary/aromatic N) is 1. The van der Waals surface area contributed by atoms with Crippen LogP contribution < -0.4 is 0 Å². The topological polar surface area (TPSA) is 57.6 Å². The van der Waals surface area contributed by atoms with E-state index in [2.05, 4.69) is 6.58 Å². The van der Waals surface area contributed by atoms with E-state index in [9.17, 15) is 9.59 Å². The highest BCUT2D eigenvalue weighted by atomic mass is 16.4. The third-order valence-electron chi connectivity index (χ3n) is 2.18. The van der Waals surface area contributed by atoms with Crippen LogP contribution >= 0.6 is 0 Å². The molecule has 0 aromatic carbocycles. The van der Waals surface area contributed by atoms with Crippen molar-refractivity contribution in [1.29, 1.82) is 0 Å². The summed E-state index contributed by atoms with van der Waals surface area (Å²) >= 11 is 0. The third kappa shape index (κ3) is 2.08. The van der Waals surface area contributed by atoms with Gasteiger partial charge in [0.15, 0.2) is 0 Å². The van der Waals surface area contributed by atoms with Gasteiger partial charge in [0.2, 0.25) is 5.91 Å². The van der Waals surface area contributed by atoms with Crippen LogP contribution in [0.15, 0.2) is 12.7 Å². The molecule has 1 unspecified atom stereocenters. The van der Waals surface area contributed by atoms with Crippen molar-refractivity contribution >= 4 is 11.9 Å². The lowest BCUT2D eigenvalue weighted by molar-refractivity contribution is -0.153. The zero-order valence-electron chi connectivity index (χ0n) is 7.40. The van der Waals surface area contributed by atoms with Crippen LogP contribution in [-0.2, 0) is 9.59 Å². The molecular weight excluding hydrogens is 170 g/mol. The quantitative estimate of drug-likeness (QED) is 0.512. The lowest BCUT2D eigenvalue weighted by Gasteiger charge is -2.29. The van der Waals surface area contributed by atoms with Crippen LogP contribution in [0.3, 0.4) is 0 Å². The number of carbonyl (C=O) groups excluding carboxylic acids is 1. The Morgan fingerprint density at radius 2 is 2.46 bits per heavy atom. The summed E-state index contributed by atoms with van der Waals surface area (Å²) in [6.07, 6.45) is 2.83. The SMILES string of the molecule is C=CCN1CCCC(C(=O)O)C1=O. The summed E-state index contributed by atoms with van der Waals surface area (Å²) in [7, 11) is 0. The molecule has 0 aliphatic carbocycles. The molecule has 1 heterocycles. The predicted molar refractivity (Wildman–Crippen MR) is 47.1 cm³/mol. The Morgan fingerprint density at radius 3 is 3.00 bits per heavy atom. The van der Waals surface area contributed by atoms with Gasteiger partial charge in [-0.1, -0.05) is 6.08 Å². The highest BCUT2D eigenvalue weighted by molar-refractivity contribution is 5.97. The average molecular weight is 183 g/mol. The Labute approximate surface area is 76.8 Å². The number of likely N-dealkylation sites (tertiary alicyclic amines) is 1. The molecule has 1 N–H and O–H groups in total. The highest BCUT2D eigenvalue weighted by Gasteiger charge is 2.33. The van der Waals surface area contributed by atoms with Crippen LogP contribution in [0, 0.1) is 5.92 Å². The highest BCUT2D eigenvalue weighted by Crippen LogP contribution is 2.17. The molecule has 0 aromatic heterocycles.